The number of hydrogen-bond acceptors (Lipinski definition) is 2. The molecule has 69 heavy (non-hydrogen) atoms. The summed E-state index contributed by atoms with van der Waals surface area (Å²) in [5, 5.41) is 4.65. The molecule has 0 aliphatic carbocycles. The topological polar surface area (TPSA) is 21.3 Å². The zero-order valence-electron chi connectivity index (χ0n) is 37.7. The molecule has 11 aromatic carbocycles. The fraction of sp³-hybridized carbons (Fsp3) is 0. The van der Waals surface area contributed by atoms with Crippen molar-refractivity contribution in [2.45, 2.75) is 0 Å². The highest BCUT2D eigenvalue weighted by Gasteiger charge is 2.20. The molecule has 3 heteroatoms. The van der Waals surface area contributed by atoms with Gasteiger partial charge in [0.2, 0.25) is 0 Å². The van der Waals surface area contributed by atoms with Gasteiger partial charge in [-0.3, -0.25) is 0 Å². The van der Waals surface area contributed by atoms with Crippen LogP contribution in [0.4, 0.5) is 17.1 Å². The number of hydrogen-bond donors (Lipinski definition) is 0. The van der Waals surface area contributed by atoms with Crippen LogP contribution in [0.3, 0.4) is 0 Å². The molecule has 0 aliphatic heterocycles. The summed E-state index contributed by atoms with van der Waals surface area (Å²) in [4.78, 5) is 2.37. The lowest BCUT2D eigenvalue weighted by Crippen LogP contribution is -2.10. The van der Waals surface area contributed by atoms with Crippen molar-refractivity contribution in [2.75, 3.05) is 4.90 Å². The van der Waals surface area contributed by atoms with Crippen LogP contribution in [0.25, 0.3) is 105 Å². The Morgan fingerprint density at radius 3 is 1.58 bits per heavy atom. The second kappa shape index (κ2) is 16.9. The maximum atomic E-state index is 6.32. The van der Waals surface area contributed by atoms with Gasteiger partial charge in [-0.05, 0) is 141 Å². The van der Waals surface area contributed by atoms with Gasteiger partial charge in [-0.2, -0.15) is 0 Å². The molecular formula is C66H44N2O. The van der Waals surface area contributed by atoms with Crippen molar-refractivity contribution in [1.82, 2.24) is 4.57 Å². The minimum absolute atomic E-state index is 0.871. The first-order valence-corrected chi connectivity index (χ1v) is 23.6. The maximum Gasteiger partial charge on any atom is 0.135 e. The zero-order chi connectivity index (χ0) is 45.7. The first kappa shape index (κ1) is 40.1. The number of fused-ring (bicyclic) bond motifs is 6. The Kier molecular flexibility index (Phi) is 9.84. The molecular weight excluding hydrogens is 837 g/mol. The minimum Gasteiger partial charge on any atom is -0.456 e. The van der Waals surface area contributed by atoms with Gasteiger partial charge in [-0.15, -0.1) is 0 Å². The van der Waals surface area contributed by atoms with Gasteiger partial charge >= 0.3 is 0 Å². The predicted octanol–water partition coefficient (Wildman–Crippen LogP) is 18.5. The number of benzene rings is 11. The highest BCUT2D eigenvalue weighted by Crippen LogP contribution is 2.44. The molecule has 0 unspecified atom stereocenters. The summed E-state index contributed by atoms with van der Waals surface area (Å²) in [5.74, 6) is 0. The molecule has 0 aliphatic rings. The van der Waals surface area contributed by atoms with Crippen molar-refractivity contribution in [3.8, 4) is 61.3 Å². The van der Waals surface area contributed by atoms with Crippen LogP contribution in [-0.2, 0) is 0 Å². The van der Waals surface area contributed by atoms with Crippen LogP contribution in [0.5, 0.6) is 0 Å². The predicted molar refractivity (Wildman–Crippen MR) is 290 cm³/mol. The van der Waals surface area contributed by atoms with E-state index in [0.29, 0.717) is 0 Å². The van der Waals surface area contributed by atoms with Crippen LogP contribution < -0.4 is 4.90 Å². The van der Waals surface area contributed by atoms with E-state index in [2.05, 4.69) is 264 Å². The van der Waals surface area contributed by atoms with Crippen LogP contribution in [0.2, 0.25) is 0 Å². The highest BCUT2D eigenvalue weighted by atomic mass is 16.3. The number of rotatable bonds is 9. The Morgan fingerprint density at radius 1 is 0.261 bits per heavy atom. The molecule has 324 valence electrons. The number of furan rings is 1. The van der Waals surface area contributed by atoms with Crippen molar-refractivity contribution < 1.29 is 4.42 Å². The Bertz CT molecular complexity index is 4000. The summed E-state index contributed by atoms with van der Waals surface area (Å²) >= 11 is 0. The molecule has 0 radical (unpaired) electrons. The van der Waals surface area contributed by atoms with Gasteiger partial charge in [0, 0.05) is 44.3 Å². The van der Waals surface area contributed by atoms with Crippen LogP contribution in [0.1, 0.15) is 0 Å². The summed E-state index contributed by atoms with van der Waals surface area (Å²) in [6.45, 7) is 0. The van der Waals surface area contributed by atoms with Crippen LogP contribution in [0.15, 0.2) is 271 Å². The van der Waals surface area contributed by atoms with Crippen molar-refractivity contribution >= 4 is 60.8 Å². The van der Waals surface area contributed by atoms with E-state index < -0.39 is 0 Å². The lowest BCUT2D eigenvalue weighted by Gasteiger charge is -2.26. The molecule has 0 amide bonds. The first-order chi connectivity index (χ1) is 34.2. The third kappa shape index (κ3) is 7.25. The Morgan fingerprint density at radius 2 is 0.783 bits per heavy atom. The zero-order valence-corrected chi connectivity index (χ0v) is 37.7. The van der Waals surface area contributed by atoms with E-state index >= 15 is 0 Å². The molecule has 0 saturated heterocycles. The normalized spacial score (nSPS) is 11.5. The van der Waals surface area contributed by atoms with Gasteiger partial charge in [0.15, 0.2) is 0 Å². The monoisotopic (exact) mass is 880 g/mol. The smallest absolute Gasteiger partial charge is 0.135 e. The summed E-state index contributed by atoms with van der Waals surface area (Å²) in [6, 6.07) is 96.3. The molecule has 3 nitrogen and oxygen atoms in total. The van der Waals surface area contributed by atoms with E-state index in [1.165, 1.54) is 49.6 Å². The number of anilines is 3. The average molecular weight is 881 g/mol. The van der Waals surface area contributed by atoms with Gasteiger partial charge < -0.3 is 13.9 Å². The number of nitrogens with zero attached hydrogens (tertiary/aromatic N) is 2. The molecule has 0 bridgehead atoms. The largest absolute Gasteiger partial charge is 0.456 e. The highest BCUT2D eigenvalue weighted by molar-refractivity contribution is 6.11. The summed E-state index contributed by atoms with van der Waals surface area (Å²) in [7, 11) is 0. The maximum absolute atomic E-state index is 6.32. The third-order valence-corrected chi connectivity index (χ3v) is 13.6. The van der Waals surface area contributed by atoms with Gasteiger partial charge in [0.25, 0.3) is 0 Å². The summed E-state index contributed by atoms with van der Waals surface area (Å²) in [6.07, 6.45) is 0. The standard InChI is InChI=1S/C66H44N2O/c1-4-16-45(17-5-1)47-30-34-54(35-31-47)67(56-36-39-66-62(44-56)60-27-11-13-29-65(60)69-66)55-25-15-22-51(41-55)57-37-32-50(49-21-14-20-48(40-49)46-18-6-2-7-19-46)42-61(57)52-33-38-59-58-26-10-12-28-63(58)68(64(59)43-52)53-23-8-3-9-24-53/h1-44H. The first-order valence-electron chi connectivity index (χ1n) is 23.6. The van der Waals surface area contributed by atoms with E-state index in [-0.39, 0.29) is 0 Å². The van der Waals surface area contributed by atoms with Crippen LogP contribution >= 0.6 is 0 Å². The summed E-state index contributed by atoms with van der Waals surface area (Å²) in [5.41, 5.74) is 20.1. The van der Waals surface area contributed by atoms with Crippen molar-refractivity contribution in [3.05, 3.63) is 267 Å². The molecule has 0 saturated carbocycles. The lowest BCUT2D eigenvalue weighted by molar-refractivity contribution is 0.669. The van der Waals surface area contributed by atoms with Gasteiger partial charge in [0.05, 0.1) is 11.0 Å². The fourth-order valence-corrected chi connectivity index (χ4v) is 10.3. The van der Waals surface area contributed by atoms with Gasteiger partial charge in [0.1, 0.15) is 11.2 Å². The van der Waals surface area contributed by atoms with Gasteiger partial charge in [-0.25, -0.2) is 0 Å². The Labute approximate surface area is 401 Å². The number of para-hydroxylation sites is 3. The van der Waals surface area contributed by atoms with Crippen molar-refractivity contribution in [3.63, 3.8) is 0 Å². The average Bonchev–Trinajstić information content (AvgIpc) is 3.97. The third-order valence-electron chi connectivity index (χ3n) is 13.6. The van der Waals surface area contributed by atoms with Crippen molar-refractivity contribution in [1.29, 1.82) is 0 Å². The second-order valence-electron chi connectivity index (χ2n) is 17.7. The Hall–Kier alpha value is -9.18. The Balaban J connectivity index is 1.000. The molecule has 2 aromatic heterocycles. The van der Waals surface area contributed by atoms with E-state index in [9.17, 15) is 0 Å². The molecule has 0 fully saturated rings. The van der Waals surface area contributed by atoms with Crippen LogP contribution in [-0.4, -0.2) is 4.57 Å². The van der Waals surface area contributed by atoms with E-state index in [1.807, 2.05) is 12.1 Å². The van der Waals surface area contributed by atoms with E-state index in [0.717, 1.165) is 72.5 Å². The quantitative estimate of drug-likeness (QED) is 0.144. The van der Waals surface area contributed by atoms with Crippen molar-refractivity contribution in [2.24, 2.45) is 0 Å². The molecule has 13 aromatic rings. The summed E-state index contributed by atoms with van der Waals surface area (Å²) < 4.78 is 8.73. The second-order valence-corrected chi connectivity index (χ2v) is 17.7. The molecule has 0 N–H and O–H groups in total. The SMILES string of the molecule is c1ccc(-c2ccc(N(c3cccc(-c4ccc(-c5cccc(-c6ccccc6)c5)cc4-c4ccc5c6ccccc6n(-c6ccccc6)c5c4)c3)c3ccc4oc5ccccc5c4c3)cc2)cc1. The van der Waals surface area contributed by atoms with Gasteiger partial charge in [-0.1, -0.05) is 182 Å². The molecule has 2 heterocycles. The molecule has 0 atom stereocenters. The van der Waals surface area contributed by atoms with E-state index in [1.54, 1.807) is 0 Å². The number of aromatic nitrogens is 1. The fourth-order valence-electron chi connectivity index (χ4n) is 10.3. The van der Waals surface area contributed by atoms with E-state index in [4.69, 9.17) is 4.42 Å². The van der Waals surface area contributed by atoms with Crippen LogP contribution in [0, 0.1) is 0 Å². The minimum atomic E-state index is 0.871. The molecule has 0 spiro atoms. The molecule has 13 rings (SSSR count). The lowest BCUT2D eigenvalue weighted by atomic mass is 9.89.